The predicted molar refractivity (Wildman–Crippen MR) is 138 cm³/mol. The third-order valence-electron chi connectivity index (χ3n) is 7.24. The molecule has 0 saturated carbocycles. The molecule has 2 aromatic rings. The highest BCUT2D eigenvalue weighted by molar-refractivity contribution is 7.88. The first-order valence-electron chi connectivity index (χ1n) is 12.2. The van der Waals surface area contributed by atoms with E-state index in [1.54, 1.807) is 19.1 Å². The van der Waals surface area contributed by atoms with Gasteiger partial charge in [-0.2, -0.15) is 0 Å². The van der Waals surface area contributed by atoms with Crippen molar-refractivity contribution in [3.63, 3.8) is 0 Å². The van der Waals surface area contributed by atoms with Crippen molar-refractivity contribution in [1.82, 2.24) is 10.0 Å². The van der Waals surface area contributed by atoms with E-state index >= 15 is 0 Å². The minimum absolute atomic E-state index is 0.0617. The van der Waals surface area contributed by atoms with Gasteiger partial charge in [-0.3, -0.25) is 0 Å². The van der Waals surface area contributed by atoms with Gasteiger partial charge in [0.05, 0.1) is 6.26 Å². The van der Waals surface area contributed by atoms with Gasteiger partial charge in [-0.15, -0.1) is 0 Å². The number of hydrogen-bond donors (Lipinski definition) is 2. The molecule has 1 fully saturated rings. The number of piperidine rings is 1. The smallest absolute Gasteiger partial charge is 0.208 e. The fraction of sp³-hybridized carbons (Fsp3) is 0.429. The van der Waals surface area contributed by atoms with Crippen molar-refractivity contribution in [3.8, 4) is 11.1 Å². The van der Waals surface area contributed by atoms with E-state index in [4.69, 9.17) is 0 Å². The van der Waals surface area contributed by atoms with E-state index in [0.717, 1.165) is 53.6 Å². The zero-order valence-corrected chi connectivity index (χ0v) is 21.3. The lowest BCUT2D eigenvalue weighted by Crippen LogP contribution is -2.37. The molecule has 1 saturated heterocycles. The Labute approximate surface area is 207 Å². The van der Waals surface area contributed by atoms with E-state index in [9.17, 15) is 17.2 Å². The zero-order valence-electron chi connectivity index (χ0n) is 20.5. The molecule has 2 N–H and O–H groups in total. The highest BCUT2D eigenvalue weighted by Crippen LogP contribution is 2.41. The standard InChI is InChI=1S/C28H34F2N2O2S/c1-18-14-21(24-7-5-4-6-20(24)10-13-32-35(3,33)34)8-9-23(18)26-17-31-12-11-25(26)22-15-27(29)19(2)28(30)16-22/h4-9,14-16,19,25-27,31-32H,10-13,17H2,1-3H3. The fourth-order valence-electron chi connectivity index (χ4n) is 5.28. The third-order valence-corrected chi connectivity index (χ3v) is 7.96. The molecule has 0 amide bonds. The molecule has 1 heterocycles. The average Bonchev–Trinajstić information content (AvgIpc) is 2.82. The molecule has 2 aliphatic rings. The Bertz CT molecular complexity index is 1240. The van der Waals surface area contributed by atoms with Gasteiger partial charge in [0.15, 0.2) is 0 Å². The molecule has 2 aromatic carbocycles. The molecular weight excluding hydrogens is 466 g/mol. The first-order valence-corrected chi connectivity index (χ1v) is 14.1. The average molecular weight is 501 g/mol. The van der Waals surface area contributed by atoms with Crippen LogP contribution in [0.5, 0.6) is 0 Å². The lowest BCUT2D eigenvalue weighted by Gasteiger charge is -2.36. The second-order valence-electron chi connectivity index (χ2n) is 9.78. The normalized spacial score (nSPS) is 25.2. The SMILES string of the molecule is Cc1cc(-c2ccccc2CCNS(C)(=O)=O)ccc1C1CNCCC1C1=CC(F)C(C)C(F)=C1. The Morgan fingerprint density at radius 3 is 2.63 bits per heavy atom. The highest BCUT2D eigenvalue weighted by Gasteiger charge is 2.33. The van der Waals surface area contributed by atoms with Crippen LogP contribution in [0.15, 0.2) is 66.0 Å². The van der Waals surface area contributed by atoms with Crippen LogP contribution < -0.4 is 10.0 Å². The summed E-state index contributed by atoms with van der Waals surface area (Å²) < 4.78 is 54.3. The number of sulfonamides is 1. The van der Waals surface area contributed by atoms with Crippen LogP contribution in [0, 0.1) is 18.8 Å². The van der Waals surface area contributed by atoms with Gasteiger partial charge in [0.1, 0.15) is 12.0 Å². The van der Waals surface area contributed by atoms with Crippen LogP contribution in [-0.2, 0) is 16.4 Å². The molecule has 188 valence electrons. The van der Waals surface area contributed by atoms with Gasteiger partial charge in [-0.25, -0.2) is 21.9 Å². The second kappa shape index (κ2) is 10.7. The van der Waals surface area contributed by atoms with Crippen LogP contribution in [0.25, 0.3) is 11.1 Å². The van der Waals surface area contributed by atoms with Crippen molar-refractivity contribution in [1.29, 1.82) is 0 Å². The van der Waals surface area contributed by atoms with Crippen LogP contribution in [-0.4, -0.2) is 40.5 Å². The van der Waals surface area contributed by atoms with Crippen LogP contribution in [0.2, 0.25) is 0 Å². The molecule has 4 unspecified atom stereocenters. The molecule has 0 spiro atoms. The van der Waals surface area contributed by atoms with Crippen molar-refractivity contribution < 1.29 is 17.2 Å². The van der Waals surface area contributed by atoms with Gasteiger partial charge in [0.2, 0.25) is 10.0 Å². The molecule has 7 heteroatoms. The van der Waals surface area contributed by atoms with Gasteiger partial charge in [0.25, 0.3) is 0 Å². The van der Waals surface area contributed by atoms with Crippen molar-refractivity contribution >= 4 is 10.0 Å². The van der Waals surface area contributed by atoms with Gasteiger partial charge >= 0.3 is 0 Å². The monoisotopic (exact) mass is 500 g/mol. The van der Waals surface area contributed by atoms with Gasteiger partial charge in [-0.05, 0) is 77.8 Å². The molecule has 4 rings (SSSR count). The fourth-order valence-corrected chi connectivity index (χ4v) is 5.76. The molecule has 0 radical (unpaired) electrons. The molecule has 0 bridgehead atoms. The van der Waals surface area contributed by atoms with E-state index in [2.05, 4.69) is 41.2 Å². The minimum Gasteiger partial charge on any atom is -0.316 e. The Morgan fingerprint density at radius 2 is 1.91 bits per heavy atom. The molecule has 4 atom stereocenters. The summed E-state index contributed by atoms with van der Waals surface area (Å²) in [6.45, 7) is 5.60. The Kier molecular flexibility index (Phi) is 7.89. The summed E-state index contributed by atoms with van der Waals surface area (Å²) >= 11 is 0. The number of rotatable bonds is 7. The maximum Gasteiger partial charge on any atom is 0.208 e. The van der Waals surface area contributed by atoms with E-state index in [0.29, 0.717) is 13.0 Å². The number of halogens is 2. The van der Waals surface area contributed by atoms with E-state index in [1.165, 1.54) is 5.56 Å². The lowest BCUT2D eigenvalue weighted by molar-refractivity contribution is 0.281. The minimum atomic E-state index is -3.23. The first kappa shape index (κ1) is 25.7. The molecule has 4 nitrogen and oxygen atoms in total. The second-order valence-corrected chi connectivity index (χ2v) is 11.6. The third kappa shape index (κ3) is 6.08. The van der Waals surface area contributed by atoms with Gasteiger partial charge < -0.3 is 5.32 Å². The van der Waals surface area contributed by atoms with E-state index in [-0.39, 0.29) is 17.7 Å². The molecule has 0 aromatic heterocycles. The van der Waals surface area contributed by atoms with Crippen LogP contribution in [0.3, 0.4) is 0 Å². The maximum atomic E-state index is 14.5. The van der Waals surface area contributed by atoms with E-state index < -0.39 is 22.1 Å². The molecule has 35 heavy (non-hydrogen) atoms. The molecular formula is C28H34F2N2O2S. The van der Waals surface area contributed by atoms with Crippen molar-refractivity contribution in [2.45, 2.75) is 38.8 Å². The van der Waals surface area contributed by atoms with Crippen LogP contribution in [0.1, 0.15) is 36.0 Å². The Balaban J connectivity index is 1.60. The van der Waals surface area contributed by atoms with Crippen LogP contribution >= 0.6 is 0 Å². The number of nitrogens with one attached hydrogen (secondary N) is 2. The summed E-state index contributed by atoms with van der Waals surface area (Å²) in [5.74, 6) is -0.900. The maximum absolute atomic E-state index is 14.5. The van der Waals surface area contributed by atoms with E-state index in [1.807, 2.05) is 18.2 Å². The Morgan fingerprint density at radius 1 is 1.14 bits per heavy atom. The van der Waals surface area contributed by atoms with Crippen LogP contribution in [0.4, 0.5) is 8.78 Å². The summed E-state index contributed by atoms with van der Waals surface area (Å²) in [6, 6.07) is 14.4. The zero-order chi connectivity index (χ0) is 25.2. The summed E-state index contributed by atoms with van der Waals surface area (Å²) in [6.07, 6.45) is 4.46. The summed E-state index contributed by atoms with van der Waals surface area (Å²) in [5.41, 5.74) is 6.31. The number of hydrogen-bond acceptors (Lipinski definition) is 3. The summed E-state index contributed by atoms with van der Waals surface area (Å²) in [7, 11) is -3.23. The van der Waals surface area contributed by atoms with Crippen molar-refractivity contribution in [2.75, 3.05) is 25.9 Å². The predicted octanol–water partition coefficient (Wildman–Crippen LogP) is 5.21. The Hall–Kier alpha value is -2.35. The quantitative estimate of drug-likeness (QED) is 0.549. The number of alkyl halides is 1. The largest absolute Gasteiger partial charge is 0.316 e. The van der Waals surface area contributed by atoms with Gasteiger partial charge in [0, 0.05) is 24.9 Å². The van der Waals surface area contributed by atoms with Gasteiger partial charge in [-0.1, -0.05) is 49.4 Å². The molecule has 1 aliphatic heterocycles. The number of benzene rings is 2. The number of allylic oxidation sites excluding steroid dienone is 4. The number of aryl methyl sites for hydroxylation is 1. The topological polar surface area (TPSA) is 58.2 Å². The first-order chi connectivity index (χ1) is 16.6. The van der Waals surface area contributed by atoms with Crippen molar-refractivity contribution in [2.24, 2.45) is 11.8 Å². The summed E-state index contributed by atoms with van der Waals surface area (Å²) in [4.78, 5) is 0. The summed E-state index contributed by atoms with van der Waals surface area (Å²) in [5, 5.41) is 3.46. The lowest BCUT2D eigenvalue weighted by atomic mass is 9.73. The highest BCUT2D eigenvalue weighted by atomic mass is 32.2. The molecule has 1 aliphatic carbocycles. The van der Waals surface area contributed by atoms with Crippen molar-refractivity contribution in [3.05, 3.63) is 82.7 Å².